The first-order valence-corrected chi connectivity index (χ1v) is 7.12. The molecule has 0 aliphatic rings. The van der Waals surface area contributed by atoms with Crippen LogP contribution in [0.5, 0.6) is 0 Å². The molecule has 21 heavy (non-hydrogen) atoms. The second-order valence-electron chi connectivity index (χ2n) is 4.43. The quantitative estimate of drug-likeness (QED) is 0.636. The highest BCUT2D eigenvalue weighted by Gasteiger charge is 2.15. The van der Waals surface area contributed by atoms with Gasteiger partial charge in [0.25, 0.3) is 5.69 Å². The van der Waals surface area contributed by atoms with Crippen LogP contribution >= 0.6 is 15.9 Å². The molecule has 1 heterocycles. The molecular weight excluding hydrogens is 341 g/mol. The fourth-order valence-corrected chi connectivity index (χ4v) is 2.45. The van der Waals surface area contributed by atoms with Crippen LogP contribution in [-0.4, -0.2) is 9.91 Å². The second kappa shape index (κ2) is 6.62. The van der Waals surface area contributed by atoms with Crippen LogP contribution in [0, 0.1) is 15.9 Å². The zero-order valence-corrected chi connectivity index (χ0v) is 12.8. The predicted molar refractivity (Wildman–Crippen MR) is 81.6 cm³/mol. The van der Waals surface area contributed by atoms with Gasteiger partial charge in [-0.25, -0.2) is 4.39 Å². The van der Waals surface area contributed by atoms with Crippen molar-refractivity contribution >= 4 is 27.3 Å². The molecule has 0 bridgehead atoms. The Kier molecular flexibility index (Phi) is 4.85. The summed E-state index contributed by atoms with van der Waals surface area (Å²) in [6, 6.07) is 7.59. The third-order valence-corrected chi connectivity index (χ3v) is 3.64. The van der Waals surface area contributed by atoms with E-state index >= 15 is 0 Å². The minimum Gasteiger partial charge on any atom is -0.377 e. The van der Waals surface area contributed by atoms with Gasteiger partial charge in [0.15, 0.2) is 0 Å². The van der Waals surface area contributed by atoms with Gasteiger partial charge in [-0.1, -0.05) is 6.92 Å². The molecule has 5 nitrogen and oxygen atoms in total. The lowest BCUT2D eigenvalue weighted by molar-refractivity contribution is -0.385. The number of nitrogens with zero attached hydrogens (tertiary/aromatic N) is 2. The van der Waals surface area contributed by atoms with Crippen molar-refractivity contribution < 1.29 is 9.31 Å². The highest BCUT2D eigenvalue weighted by Crippen LogP contribution is 2.30. The van der Waals surface area contributed by atoms with E-state index in [-0.39, 0.29) is 17.5 Å². The Hall–Kier alpha value is -2.02. The van der Waals surface area contributed by atoms with E-state index in [1.807, 2.05) is 6.92 Å². The Balaban J connectivity index is 2.20. The van der Waals surface area contributed by atoms with E-state index in [9.17, 15) is 14.5 Å². The highest BCUT2D eigenvalue weighted by molar-refractivity contribution is 9.10. The van der Waals surface area contributed by atoms with Gasteiger partial charge in [-0.3, -0.25) is 15.1 Å². The number of nitro benzene ring substituents is 1. The Morgan fingerprint density at radius 1 is 1.43 bits per heavy atom. The van der Waals surface area contributed by atoms with Gasteiger partial charge in [0.05, 0.1) is 27.3 Å². The Bertz CT molecular complexity index is 649. The molecule has 1 aromatic carbocycles. The van der Waals surface area contributed by atoms with Gasteiger partial charge >= 0.3 is 0 Å². The number of pyridine rings is 1. The smallest absolute Gasteiger partial charge is 0.283 e. The van der Waals surface area contributed by atoms with Crippen molar-refractivity contribution in [2.75, 3.05) is 5.32 Å². The zero-order valence-electron chi connectivity index (χ0n) is 11.2. The van der Waals surface area contributed by atoms with Crippen LogP contribution in [0.15, 0.2) is 41.0 Å². The van der Waals surface area contributed by atoms with Crippen molar-refractivity contribution in [3.8, 4) is 0 Å². The molecular formula is C14H13BrFN3O2. The summed E-state index contributed by atoms with van der Waals surface area (Å²) in [6.07, 6.45) is 1.92. The van der Waals surface area contributed by atoms with E-state index in [1.165, 1.54) is 18.3 Å². The van der Waals surface area contributed by atoms with Gasteiger partial charge in [-0.15, -0.1) is 0 Å². The van der Waals surface area contributed by atoms with Gasteiger partial charge < -0.3 is 5.32 Å². The molecule has 2 rings (SSSR count). The highest BCUT2D eigenvalue weighted by atomic mass is 79.9. The normalized spacial score (nSPS) is 12.0. The van der Waals surface area contributed by atoms with Crippen molar-refractivity contribution in [3.63, 3.8) is 0 Å². The topological polar surface area (TPSA) is 68.1 Å². The van der Waals surface area contributed by atoms with Crippen molar-refractivity contribution in [2.24, 2.45) is 0 Å². The fourth-order valence-electron chi connectivity index (χ4n) is 1.92. The number of hydrogen-bond donors (Lipinski definition) is 1. The molecule has 110 valence electrons. The summed E-state index contributed by atoms with van der Waals surface area (Å²) in [5, 5.41) is 14.0. The number of benzene rings is 1. The van der Waals surface area contributed by atoms with E-state index in [0.29, 0.717) is 10.2 Å². The molecule has 1 N–H and O–H groups in total. The third-order valence-electron chi connectivity index (χ3n) is 3.00. The van der Waals surface area contributed by atoms with Crippen LogP contribution in [-0.2, 0) is 0 Å². The van der Waals surface area contributed by atoms with Gasteiger partial charge in [-0.05, 0) is 46.6 Å². The second-order valence-corrected chi connectivity index (χ2v) is 5.28. The third kappa shape index (κ3) is 3.75. The molecule has 1 atom stereocenters. The van der Waals surface area contributed by atoms with Gasteiger partial charge in [0.1, 0.15) is 5.82 Å². The summed E-state index contributed by atoms with van der Waals surface area (Å²) < 4.78 is 13.3. The Morgan fingerprint density at radius 2 is 2.19 bits per heavy atom. The van der Waals surface area contributed by atoms with Crippen LogP contribution in [0.3, 0.4) is 0 Å². The Morgan fingerprint density at radius 3 is 2.71 bits per heavy atom. The van der Waals surface area contributed by atoms with Crippen LogP contribution in [0.25, 0.3) is 0 Å². The summed E-state index contributed by atoms with van der Waals surface area (Å²) in [6.45, 7) is 1.98. The van der Waals surface area contributed by atoms with Crippen molar-refractivity contribution in [1.82, 2.24) is 4.98 Å². The molecule has 0 aliphatic carbocycles. The van der Waals surface area contributed by atoms with Gasteiger partial charge in [0, 0.05) is 11.8 Å². The summed E-state index contributed by atoms with van der Waals surface area (Å²) in [7, 11) is 0. The molecule has 0 aliphatic heterocycles. The molecule has 1 aromatic heterocycles. The fraction of sp³-hybridized carbons (Fsp3) is 0.214. The maximum Gasteiger partial charge on any atom is 0.283 e. The molecule has 0 spiro atoms. The van der Waals surface area contributed by atoms with E-state index in [2.05, 4.69) is 26.2 Å². The monoisotopic (exact) mass is 353 g/mol. The van der Waals surface area contributed by atoms with Crippen molar-refractivity contribution in [2.45, 2.75) is 19.4 Å². The first kappa shape index (κ1) is 15.4. The standard InChI is InChI=1S/C14H13BrFN3O2/c1-2-12(13-5-3-9(16)8-17-13)18-10-4-6-14(19(20)21)11(15)7-10/h3-8,12,18H,2H2,1H3. The molecule has 7 heteroatoms. The zero-order chi connectivity index (χ0) is 15.4. The van der Waals surface area contributed by atoms with Gasteiger partial charge in [0.2, 0.25) is 0 Å². The maximum atomic E-state index is 12.9. The van der Waals surface area contributed by atoms with Crippen LogP contribution < -0.4 is 5.32 Å². The summed E-state index contributed by atoms with van der Waals surface area (Å²) in [5.41, 5.74) is 1.45. The number of hydrogen-bond acceptors (Lipinski definition) is 4. The lowest BCUT2D eigenvalue weighted by Crippen LogP contribution is -2.11. The Labute approximate surface area is 129 Å². The molecule has 0 amide bonds. The van der Waals surface area contributed by atoms with E-state index in [1.54, 1.807) is 18.2 Å². The summed E-state index contributed by atoms with van der Waals surface area (Å²) >= 11 is 3.18. The lowest BCUT2D eigenvalue weighted by Gasteiger charge is -2.18. The molecule has 2 aromatic rings. The molecule has 0 saturated carbocycles. The number of rotatable bonds is 5. The van der Waals surface area contributed by atoms with E-state index in [4.69, 9.17) is 0 Å². The number of nitro groups is 1. The average molecular weight is 354 g/mol. The SMILES string of the molecule is CCC(Nc1ccc([N+](=O)[O-])c(Br)c1)c1ccc(F)cn1. The summed E-state index contributed by atoms with van der Waals surface area (Å²) in [4.78, 5) is 14.4. The maximum absolute atomic E-state index is 12.9. The van der Waals surface area contributed by atoms with Crippen LogP contribution in [0.2, 0.25) is 0 Å². The number of halogens is 2. The lowest BCUT2D eigenvalue weighted by atomic mass is 10.1. The van der Waals surface area contributed by atoms with Gasteiger partial charge in [-0.2, -0.15) is 0 Å². The van der Waals surface area contributed by atoms with E-state index in [0.717, 1.165) is 12.1 Å². The minimum absolute atomic E-state index is 0.00788. The molecule has 0 saturated heterocycles. The van der Waals surface area contributed by atoms with Crippen LogP contribution in [0.4, 0.5) is 15.8 Å². The molecule has 0 fully saturated rings. The largest absolute Gasteiger partial charge is 0.377 e. The number of anilines is 1. The molecule has 1 unspecified atom stereocenters. The average Bonchev–Trinajstić information content (AvgIpc) is 2.45. The van der Waals surface area contributed by atoms with Crippen molar-refractivity contribution in [3.05, 3.63) is 62.6 Å². The first-order chi connectivity index (χ1) is 10.0. The van der Waals surface area contributed by atoms with Crippen LogP contribution in [0.1, 0.15) is 25.1 Å². The predicted octanol–water partition coefficient (Wildman–Crippen LogP) is 4.45. The molecule has 0 radical (unpaired) electrons. The van der Waals surface area contributed by atoms with E-state index < -0.39 is 4.92 Å². The number of nitrogens with one attached hydrogen (secondary N) is 1. The first-order valence-electron chi connectivity index (χ1n) is 6.33. The summed E-state index contributed by atoms with van der Waals surface area (Å²) in [5.74, 6) is -0.383. The number of aromatic nitrogens is 1. The van der Waals surface area contributed by atoms with Crippen molar-refractivity contribution in [1.29, 1.82) is 0 Å². The minimum atomic E-state index is -0.452.